The lowest BCUT2D eigenvalue weighted by Crippen LogP contribution is -2.45. The molecule has 14 heavy (non-hydrogen) atoms. The third-order valence-electron chi connectivity index (χ3n) is 1.81. The lowest BCUT2D eigenvalue weighted by Gasteiger charge is -2.21. The number of carbonyl (C=O) groups is 1. The molecule has 0 radical (unpaired) electrons. The van der Waals surface area contributed by atoms with Gasteiger partial charge in [0.1, 0.15) is 6.04 Å². The van der Waals surface area contributed by atoms with Crippen LogP contribution in [0, 0.1) is 0 Å². The van der Waals surface area contributed by atoms with Gasteiger partial charge in [0.25, 0.3) is 0 Å². The highest BCUT2D eigenvalue weighted by Gasteiger charge is 2.16. The predicted octanol–water partition coefficient (Wildman–Crippen LogP) is 0.478. The van der Waals surface area contributed by atoms with Gasteiger partial charge in [0.05, 0.1) is 6.61 Å². The molecule has 0 heterocycles. The maximum atomic E-state index is 11.3. The molecule has 0 rings (SSSR count). The van der Waals surface area contributed by atoms with E-state index in [9.17, 15) is 4.79 Å². The second-order valence-electron chi connectivity index (χ2n) is 3.80. The molecule has 2 unspecified atom stereocenters. The monoisotopic (exact) mass is 202 g/mol. The zero-order valence-corrected chi connectivity index (χ0v) is 9.83. The minimum atomic E-state index is -0.232. The van der Waals surface area contributed by atoms with Gasteiger partial charge in [-0.3, -0.25) is 4.79 Å². The second-order valence-corrected chi connectivity index (χ2v) is 3.80. The van der Waals surface area contributed by atoms with Crippen molar-refractivity contribution in [3.8, 4) is 0 Å². The van der Waals surface area contributed by atoms with E-state index in [1.165, 1.54) is 0 Å². The third-order valence-corrected chi connectivity index (χ3v) is 1.81. The van der Waals surface area contributed by atoms with E-state index in [1.807, 2.05) is 27.9 Å². The number of rotatable bonds is 6. The minimum absolute atomic E-state index is 0.182. The van der Waals surface area contributed by atoms with Gasteiger partial charge < -0.3 is 15.0 Å². The summed E-state index contributed by atoms with van der Waals surface area (Å²) in [6, 6.07) is 0.0503. The van der Waals surface area contributed by atoms with Gasteiger partial charge in [-0.05, 0) is 34.9 Å². The summed E-state index contributed by atoms with van der Waals surface area (Å²) < 4.78 is 4.89. The molecule has 0 aliphatic heterocycles. The lowest BCUT2D eigenvalue weighted by molar-refractivity contribution is -0.145. The SMILES string of the molecule is CCOC(=O)C(C)NC(C)CN(C)C. The zero-order chi connectivity index (χ0) is 11.1. The van der Waals surface area contributed by atoms with E-state index in [1.54, 1.807) is 0 Å². The third kappa shape index (κ3) is 5.94. The van der Waals surface area contributed by atoms with Crippen LogP contribution in [0.2, 0.25) is 0 Å². The van der Waals surface area contributed by atoms with Crippen molar-refractivity contribution in [2.45, 2.75) is 32.9 Å². The van der Waals surface area contributed by atoms with Crippen molar-refractivity contribution in [2.75, 3.05) is 27.2 Å². The molecule has 0 fully saturated rings. The standard InChI is InChI=1S/C10H22N2O2/c1-6-14-10(13)9(3)11-8(2)7-12(4)5/h8-9,11H,6-7H2,1-5H3. The molecule has 4 nitrogen and oxygen atoms in total. The van der Waals surface area contributed by atoms with E-state index in [2.05, 4.69) is 17.1 Å². The number of carbonyl (C=O) groups excluding carboxylic acids is 1. The van der Waals surface area contributed by atoms with Crippen molar-refractivity contribution in [3.63, 3.8) is 0 Å². The van der Waals surface area contributed by atoms with Crippen LogP contribution in [0.25, 0.3) is 0 Å². The highest BCUT2D eigenvalue weighted by atomic mass is 16.5. The van der Waals surface area contributed by atoms with Crippen LogP contribution in [0.5, 0.6) is 0 Å². The van der Waals surface area contributed by atoms with Crippen molar-refractivity contribution in [3.05, 3.63) is 0 Å². The molecule has 0 aromatic rings. The fourth-order valence-electron chi connectivity index (χ4n) is 1.36. The summed E-state index contributed by atoms with van der Waals surface area (Å²) >= 11 is 0. The van der Waals surface area contributed by atoms with Crippen LogP contribution in [-0.4, -0.2) is 50.2 Å². The molecule has 0 aromatic heterocycles. The molecule has 2 atom stereocenters. The van der Waals surface area contributed by atoms with Crippen LogP contribution in [0.15, 0.2) is 0 Å². The Labute approximate surface area is 86.6 Å². The highest BCUT2D eigenvalue weighted by molar-refractivity contribution is 5.75. The molecule has 4 heteroatoms. The fraction of sp³-hybridized carbons (Fsp3) is 0.900. The van der Waals surface area contributed by atoms with Crippen molar-refractivity contribution < 1.29 is 9.53 Å². The van der Waals surface area contributed by atoms with Crippen molar-refractivity contribution in [2.24, 2.45) is 0 Å². The summed E-state index contributed by atoms with van der Waals surface area (Å²) in [5, 5.41) is 3.18. The maximum Gasteiger partial charge on any atom is 0.322 e. The molecule has 0 spiro atoms. The Morgan fingerprint density at radius 1 is 1.43 bits per heavy atom. The molecule has 0 amide bonds. The number of ether oxygens (including phenoxy) is 1. The Bertz CT molecular complexity index is 172. The second kappa shape index (κ2) is 6.79. The largest absolute Gasteiger partial charge is 0.465 e. The molecule has 0 aromatic carbocycles. The Morgan fingerprint density at radius 3 is 2.43 bits per heavy atom. The summed E-state index contributed by atoms with van der Waals surface area (Å²) in [5.41, 5.74) is 0. The van der Waals surface area contributed by atoms with E-state index in [0.29, 0.717) is 6.61 Å². The summed E-state index contributed by atoms with van der Waals surface area (Å²) in [7, 11) is 4.01. The topological polar surface area (TPSA) is 41.6 Å². The average molecular weight is 202 g/mol. The van der Waals surface area contributed by atoms with Crippen LogP contribution < -0.4 is 5.32 Å². The summed E-state index contributed by atoms with van der Waals surface area (Å²) in [5.74, 6) is -0.182. The average Bonchev–Trinajstić information content (AvgIpc) is 2.02. The van der Waals surface area contributed by atoms with Crippen molar-refractivity contribution >= 4 is 5.97 Å². The Morgan fingerprint density at radius 2 is 2.00 bits per heavy atom. The summed E-state index contributed by atoms with van der Waals surface area (Å²) in [6.07, 6.45) is 0. The summed E-state index contributed by atoms with van der Waals surface area (Å²) in [4.78, 5) is 13.3. The van der Waals surface area contributed by atoms with Gasteiger partial charge in [0.2, 0.25) is 0 Å². The smallest absolute Gasteiger partial charge is 0.322 e. The molecular weight excluding hydrogens is 180 g/mol. The normalized spacial score (nSPS) is 15.3. The fourth-order valence-corrected chi connectivity index (χ4v) is 1.36. The molecule has 0 aliphatic rings. The van der Waals surface area contributed by atoms with Gasteiger partial charge in [0, 0.05) is 12.6 Å². The van der Waals surface area contributed by atoms with Gasteiger partial charge in [-0.15, -0.1) is 0 Å². The van der Waals surface area contributed by atoms with Crippen LogP contribution in [0.1, 0.15) is 20.8 Å². The summed E-state index contributed by atoms with van der Waals surface area (Å²) in [6.45, 7) is 7.03. The number of nitrogens with zero attached hydrogens (tertiary/aromatic N) is 1. The molecule has 0 aliphatic carbocycles. The van der Waals surface area contributed by atoms with Crippen molar-refractivity contribution in [1.82, 2.24) is 10.2 Å². The molecule has 0 saturated heterocycles. The van der Waals surface area contributed by atoms with Crippen molar-refractivity contribution in [1.29, 1.82) is 0 Å². The van der Waals surface area contributed by atoms with Gasteiger partial charge in [-0.25, -0.2) is 0 Å². The first-order valence-electron chi connectivity index (χ1n) is 5.04. The van der Waals surface area contributed by atoms with Crippen LogP contribution in [-0.2, 0) is 9.53 Å². The van der Waals surface area contributed by atoms with E-state index in [-0.39, 0.29) is 18.1 Å². The molecular formula is C10H22N2O2. The van der Waals surface area contributed by atoms with Gasteiger partial charge in [-0.1, -0.05) is 0 Å². The minimum Gasteiger partial charge on any atom is -0.465 e. The predicted molar refractivity (Wildman–Crippen MR) is 57.2 cm³/mol. The number of hydrogen-bond acceptors (Lipinski definition) is 4. The first kappa shape index (κ1) is 13.4. The number of hydrogen-bond donors (Lipinski definition) is 1. The van der Waals surface area contributed by atoms with Crippen LogP contribution in [0.4, 0.5) is 0 Å². The van der Waals surface area contributed by atoms with E-state index in [0.717, 1.165) is 6.54 Å². The van der Waals surface area contributed by atoms with Gasteiger partial charge >= 0.3 is 5.97 Å². The van der Waals surface area contributed by atoms with E-state index >= 15 is 0 Å². The Kier molecular flexibility index (Phi) is 6.49. The molecule has 84 valence electrons. The van der Waals surface area contributed by atoms with Crippen LogP contribution in [0.3, 0.4) is 0 Å². The highest BCUT2D eigenvalue weighted by Crippen LogP contribution is 1.92. The quantitative estimate of drug-likeness (QED) is 0.636. The zero-order valence-electron chi connectivity index (χ0n) is 9.83. The first-order chi connectivity index (χ1) is 6.47. The molecule has 0 bridgehead atoms. The van der Waals surface area contributed by atoms with Gasteiger partial charge in [-0.2, -0.15) is 0 Å². The lowest BCUT2D eigenvalue weighted by atomic mass is 10.2. The van der Waals surface area contributed by atoms with Crippen LogP contribution >= 0.6 is 0 Å². The molecule has 1 N–H and O–H groups in total. The number of nitrogens with one attached hydrogen (secondary N) is 1. The van der Waals surface area contributed by atoms with Gasteiger partial charge in [0.15, 0.2) is 0 Å². The Hall–Kier alpha value is -0.610. The number of likely N-dealkylation sites (N-methyl/N-ethyl adjacent to an activating group) is 1. The Balaban J connectivity index is 3.80. The molecule has 0 saturated carbocycles. The first-order valence-corrected chi connectivity index (χ1v) is 5.04. The van der Waals surface area contributed by atoms with E-state index < -0.39 is 0 Å². The number of esters is 1. The van der Waals surface area contributed by atoms with E-state index in [4.69, 9.17) is 4.74 Å². The maximum absolute atomic E-state index is 11.3.